The fourth-order valence-corrected chi connectivity index (χ4v) is 3.09. The number of methoxy groups -OCH3 is 1. The van der Waals surface area contributed by atoms with Crippen LogP contribution in [0.1, 0.15) is 26.2 Å². The van der Waals surface area contributed by atoms with Crippen molar-refractivity contribution < 1.29 is 9.53 Å². The van der Waals surface area contributed by atoms with Gasteiger partial charge in [-0.05, 0) is 44.5 Å². The number of hydrogen-bond donors (Lipinski definition) is 1. The van der Waals surface area contributed by atoms with Crippen molar-refractivity contribution in [3.05, 3.63) is 29.3 Å². The monoisotopic (exact) mass is 310 g/mol. The van der Waals surface area contributed by atoms with E-state index in [1.54, 1.807) is 0 Å². The number of likely N-dealkylation sites (tertiary alicyclic amines) is 1. The highest BCUT2D eigenvalue weighted by Gasteiger charge is 2.41. The number of hydrogen-bond acceptors (Lipinski definition) is 4. The number of ether oxygens (including phenoxy) is 1. The number of carbonyl (C=O) groups is 1. The maximum Gasteiger partial charge on any atom is 0.331 e. The molecule has 1 aliphatic rings. The van der Waals surface area contributed by atoms with E-state index in [9.17, 15) is 4.79 Å². The molecule has 1 atom stereocenters. The predicted molar refractivity (Wildman–Crippen MR) is 85.8 cm³/mol. The van der Waals surface area contributed by atoms with E-state index in [-0.39, 0.29) is 5.97 Å². The Morgan fingerprint density at radius 3 is 2.81 bits per heavy atom. The molecule has 1 aliphatic heterocycles. The Kier molecular flexibility index (Phi) is 5.48. The summed E-state index contributed by atoms with van der Waals surface area (Å²) in [7, 11) is 1.45. The highest BCUT2D eigenvalue weighted by Crippen LogP contribution is 2.31. The van der Waals surface area contributed by atoms with Crippen LogP contribution in [-0.2, 0) is 9.53 Å². The van der Waals surface area contributed by atoms with Gasteiger partial charge in [0.2, 0.25) is 0 Å². The first-order chi connectivity index (χ1) is 10.1. The number of nitrogens with zero attached hydrogens (tertiary/aromatic N) is 1. The maximum atomic E-state index is 12.4. The summed E-state index contributed by atoms with van der Waals surface area (Å²) in [5.41, 5.74) is 0.0958. The molecule has 21 heavy (non-hydrogen) atoms. The van der Waals surface area contributed by atoms with Gasteiger partial charge in [-0.3, -0.25) is 0 Å². The lowest BCUT2D eigenvalue weighted by atomic mass is 9.90. The van der Waals surface area contributed by atoms with Gasteiger partial charge < -0.3 is 15.0 Å². The van der Waals surface area contributed by atoms with Crippen LogP contribution in [-0.4, -0.2) is 43.2 Å². The van der Waals surface area contributed by atoms with E-state index in [0.29, 0.717) is 5.02 Å². The predicted octanol–water partition coefficient (Wildman–Crippen LogP) is 3.17. The Hall–Kier alpha value is -1.26. The highest BCUT2D eigenvalue weighted by atomic mass is 35.5. The number of halogens is 1. The Morgan fingerprint density at radius 2 is 2.14 bits per heavy atom. The van der Waals surface area contributed by atoms with E-state index in [1.165, 1.54) is 7.11 Å². The molecule has 1 fully saturated rings. The van der Waals surface area contributed by atoms with E-state index >= 15 is 0 Å². The third-order valence-electron chi connectivity index (χ3n) is 4.20. The molecule has 1 heterocycles. The minimum absolute atomic E-state index is 0.208. The van der Waals surface area contributed by atoms with E-state index in [4.69, 9.17) is 16.3 Å². The second kappa shape index (κ2) is 7.14. The molecule has 5 heteroatoms. The van der Waals surface area contributed by atoms with Crippen molar-refractivity contribution in [1.29, 1.82) is 0 Å². The quantitative estimate of drug-likeness (QED) is 0.867. The second-order valence-corrected chi connectivity index (χ2v) is 5.87. The average Bonchev–Trinajstić information content (AvgIpc) is 2.72. The summed E-state index contributed by atoms with van der Waals surface area (Å²) >= 11 is 6.23. The van der Waals surface area contributed by atoms with Gasteiger partial charge in [-0.1, -0.05) is 30.7 Å². The number of para-hydroxylation sites is 1. The van der Waals surface area contributed by atoms with E-state index in [1.807, 2.05) is 24.3 Å². The number of rotatable bonds is 4. The Balaban J connectivity index is 2.25. The molecule has 116 valence electrons. The molecule has 0 radical (unpaired) electrons. The van der Waals surface area contributed by atoms with Gasteiger partial charge in [-0.15, -0.1) is 0 Å². The topological polar surface area (TPSA) is 41.6 Å². The van der Waals surface area contributed by atoms with Crippen LogP contribution in [0.2, 0.25) is 5.02 Å². The zero-order valence-electron chi connectivity index (χ0n) is 12.7. The summed E-state index contributed by atoms with van der Waals surface area (Å²) in [6, 6.07) is 7.51. The van der Waals surface area contributed by atoms with Crippen LogP contribution < -0.4 is 5.32 Å². The van der Waals surface area contributed by atoms with Gasteiger partial charge in [-0.25, -0.2) is 4.79 Å². The lowest BCUT2D eigenvalue weighted by Crippen LogP contribution is -2.48. The number of nitrogens with one attached hydrogen (secondary N) is 1. The third-order valence-corrected chi connectivity index (χ3v) is 4.53. The van der Waals surface area contributed by atoms with Gasteiger partial charge in [-0.2, -0.15) is 0 Å². The van der Waals surface area contributed by atoms with Crippen LogP contribution in [0.4, 0.5) is 5.69 Å². The van der Waals surface area contributed by atoms with Crippen molar-refractivity contribution in [1.82, 2.24) is 4.90 Å². The Bertz CT molecular complexity index is 495. The SMILES string of the molecule is CCN1CCCC(Nc2ccccc2Cl)(C(=O)OC)CC1. The van der Waals surface area contributed by atoms with E-state index in [2.05, 4.69) is 17.1 Å². The molecular formula is C16H23ClN2O2. The van der Waals surface area contributed by atoms with E-state index < -0.39 is 5.54 Å². The van der Waals surface area contributed by atoms with Crippen molar-refractivity contribution >= 4 is 23.3 Å². The molecule has 1 aromatic rings. The standard InChI is InChI=1S/C16H23ClN2O2/c1-3-19-11-6-9-16(10-12-19,15(20)21-2)18-14-8-5-4-7-13(14)17/h4-5,7-8,18H,3,6,9-12H2,1-2H3. The van der Waals surface area contributed by atoms with Crippen LogP contribution in [0, 0.1) is 0 Å². The second-order valence-electron chi connectivity index (χ2n) is 5.47. The fourth-order valence-electron chi connectivity index (χ4n) is 2.90. The first kappa shape index (κ1) is 16.1. The smallest absolute Gasteiger partial charge is 0.331 e. The van der Waals surface area contributed by atoms with Gasteiger partial charge in [0.15, 0.2) is 0 Å². The molecule has 0 spiro atoms. The van der Waals surface area contributed by atoms with E-state index in [0.717, 1.165) is 44.6 Å². The number of esters is 1. The molecule has 0 aliphatic carbocycles. The third kappa shape index (κ3) is 3.69. The Labute approximate surface area is 131 Å². The van der Waals surface area contributed by atoms with Gasteiger partial charge >= 0.3 is 5.97 Å². The van der Waals surface area contributed by atoms with Crippen LogP contribution in [0.25, 0.3) is 0 Å². The lowest BCUT2D eigenvalue weighted by Gasteiger charge is -2.32. The van der Waals surface area contributed by atoms with Crippen molar-refractivity contribution in [2.24, 2.45) is 0 Å². The normalized spacial score (nSPS) is 23.4. The molecule has 1 N–H and O–H groups in total. The number of carbonyl (C=O) groups excluding carboxylic acids is 1. The number of benzene rings is 1. The number of anilines is 1. The zero-order chi connectivity index (χ0) is 15.3. The summed E-state index contributed by atoms with van der Waals surface area (Å²) in [5, 5.41) is 3.99. The largest absolute Gasteiger partial charge is 0.467 e. The summed E-state index contributed by atoms with van der Waals surface area (Å²) in [5.74, 6) is -0.208. The molecule has 0 saturated carbocycles. The minimum atomic E-state index is -0.691. The van der Waals surface area contributed by atoms with Gasteiger partial charge in [0.05, 0.1) is 17.8 Å². The molecule has 0 amide bonds. The van der Waals surface area contributed by atoms with Crippen LogP contribution in [0.3, 0.4) is 0 Å². The minimum Gasteiger partial charge on any atom is -0.467 e. The van der Waals surface area contributed by atoms with Gasteiger partial charge in [0.25, 0.3) is 0 Å². The van der Waals surface area contributed by atoms with Crippen LogP contribution in [0.15, 0.2) is 24.3 Å². The fraction of sp³-hybridized carbons (Fsp3) is 0.562. The summed E-state index contributed by atoms with van der Waals surface area (Å²) in [6.07, 6.45) is 2.43. The maximum absolute atomic E-state index is 12.4. The molecule has 1 unspecified atom stereocenters. The Morgan fingerprint density at radius 1 is 1.38 bits per heavy atom. The van der Waals surface area contributed by atoms with Gasteiger partial charge in [0.1, 0.15) is 5.54 Å². The van der Waals surface area contributed by atoms with Crippen molar-refractivity contribution in [3.8, 4) is 0 Å². The molecule has 4 nitrogen and oxygen atoms in total. The van der Waals surface area contributed by atoms with Crippen LogP contribution >= 0.6 is 11.6 Å². The van der Waals surface area contributed by atoms with Crippen LogP contribution in [0.5, 0.6) is 0 Å². The zero-order valence-corrected chi connectivity index (χ0v) is 13.4. The summed E-state index contributed by atoms with van der Waals surface area (Å²) in [6.45, 7) is 5.04. The highest BCUT2D eigenvalue weighted by molar-refractivity contribution is 6.33. The van der Waals surface area contributed by atoms with Crippen molar-refractivity contribution in [2.45, 2.75) is 31.7 Å². The first-order valence-electron chi connectivity index (χ1n) is 7.45. The lowest BCUT2D eigenvalue weighted by molar-refractivity contribution is -0.146. The molecule has 0 bridgehead atoms. The first-order valence-corrected chi connectivity index (χ1v) is 7.82. The van der Waals surface area contributed by atoms with Crippen molar-refractivity contribution in [2.75, 3.05) is 32.1 Å². The molecule has 1 saturated heterocycles. The molecule has 1 aromatic carbocycles. The molecular weight excluding hydrogens is 288 g/mol. The van der Waals surface area contributed by atoms with Gasteiger partial charge in [0, 0.05) is 6.54 Å². The van der Waals surface area contributed by atoms with Crippen molar-refractivity contribution in [3.63, 3.8) is 0 Å². The average molecular weight is 311 g/mol. The molecule has 0 aromatic heterocycles. The summed E-state index contributed by atoms with van der Waals surface area (Å²) < 4.78 is 5.07. The molecule has 2 rings (SSSR count). The summed E-state index contributed by atoms with van der Waals surface area (Å²) in [4.78, 5) is 14.8.